The van der Waals surface area contributed by atoms with Gasteiger partial charge >= 0.3 is 0 Å². The average Bonchev–Trinajstić information content (AvgIpc) is 2.03. The molecule has 0 aliphatic heterocycles. The molecule has 0 atom stereocenters. The van der Waals surface area contributed by atoms with Crippen molar-refractivity contribution in [2.45, 2.75) is 19.6 Å². The number of ether oxygens (including phenoxy) is 2. The largest absolute Gasteiger partial charge is 0.463 e. The Morgan fingerprint density at radius 1 is 1.46 bits per heavy atom. The third-order valence-corrected chi connectivity index (χ3v) is 1.59. The Morgan fingerprint density at radius 2 is 2.15 bits per heavy atom. The summed E-state index contributed by atoms with van der Waals surface area (Å²) in [4.78, 5) is 0. The van der Waals surface area contributed by atoms with Crippen molar-refractivity contribution in [2.75, 3.05) is 7.11 Å². The van der Waals surface area contributed by atoms with Gasteiger partial charge in [-0.3, -0.25) is 0 Å². The Balaban J connectivity index is 2.74. The highest BCUT2D eigenvalue weighted by atomic mass is 19.1. The fraction of sp³-hybridized carbons (Fsp3) is 0.400. The van der Waals surface area contributed by atoms with Crippen molar-refractivity contribution in [3.63, 3.8) is 0 Å². The molecule has 1 aromatic carbocycles. The molecule has 0 spiro atoms. The first kappa shape index (κ1) is 9.99. The third-order valence-electron chi connectivity index (χ3n) is 1.59. The van der Waals surface area contributed by atoms with Crippen LogP contribution in [0.5, 0.6) is 5.75 Å². The molecule has 0 bridgehead atoms. The minimum absolute atomic E-state index is 0.433. The molecular weight excluding hydrogens is 171 g/mol. The molecule has 0 fully saturated rings. The maximum Gasteiger partial charge on any atom is 0.204 e. The molecule has 71 valence electrons. The van der Waals surface area contributed by atoms with Crippen LogP contribution in [0.4, 0.5) is 4.39 Å². The van der Waals surface area contributed by atoms with Crippen molar-refractivity contribution in [2.24, 2.45) is 0 Å². The van der Waals surface area contributed by atoms with Gasteiger partial charge in [-0.2, -0.15) is 0 Å². The van der Waals surface area contributed by atoms with Crippen molar-refractivity contribution in [1.82, 2.24) is 0 Å². The van der Waals surface area contributed by atoms with E-state index >= 15 is 0 Å². The second-order valence-corrected chi connectivity index (χ2v) is 3.08. The molecule has 0 aliphatic carbocycles. The summed E-state index contributed by atoms with van der Waals surface area (Å²) in [7, 11) is 1.53. The van der Waals surface area contributed by atoms with Crippen LogP contribution in [0, 0.1) is 11.9 Å². The van der Waals surface area contributed by atoms with Gasteiger partial charge in [0.25, 0.3) is 0 Å². The van der Waals surface area contributed by atoms with Crippen LogP contribution < -0.4 is 4.74 Å². The zero-order valence-corrected chi connectivity index (χ0v) is 7.93. The molecule has 0 heterocycles. The van der Waals surface area contributed by atoms with Crippen molar-refractivity contribution in [1.29, 1.82) is 0 Å². The van der Waals surface area contributed by atoms with Gasteiger partial charge in [0.1, 0.15) is 11.6 Å². The fourth-order valence-corrected chi connectivity index (χ4v) is 0.807. The lowest BCUT2D eigenvalue weighted by Gasteiger charge is -2.24. The molecule has 0 saturated heterocycles. The molecule has 1 radical (unpaired) electrons. The van der Waals surface area contributed by atoms with Gasteiger partial charge in [0.2, 0.25) is 5.79 Å². The van der Waals surface area contributed by atoms with E-state index in [1.165, 1.54) is 19.2 Å². The quantitative estimate of drug-likeness (QED) is 0.670. The van der Waals surface area contributed by atoms with E-state index in [0.717, 1.165) is 0 Å². The van der Waals surface area contributed by atoms with Crippen molar-refractivity contribution < 1.29 is 13.9 Å². The van der Waals surface area contributed by atoms with Gasteiger partial charge in [0, 0.05) is 33.1 Å². The Hall–Kier alpha value is -1.09. The summed E-state index contributed by atoms with van der Waals surface area (Å²) in [6, 6.07) is 6.75. The molecule has 0 saturated carbocycles. The van der Waals surface area contributed by atoms with E-state index in [-0.39, 0.29) is 0 Å². The van der Waals surface area contributed by atoms with Crippen LogP contribution in [-0.4, -0.2) is 12.9 Å². The molecule has 0 unspecified atom stereocenters. The number of halogens is 1. The van der Waals surface area contributed by atoms with Gasteiger partial charge < -0.3 is 9.47 Å². The van der Waals surface area contributed by atoms with Gasteiger partial charge in [-0.05, 0) is 12.1 Å². The van der Waals surface area contributed by atoms with Crippen molar-refractivity contribution in [3.8, 4) is 5.75 Å². The topological polar surface area (TPSA) is 18.5 Å². The normalized spacial score (nSPS) is 11.4. The van der Waals surface area contributed by atoms with E-state index in [1.54, 1.807) is 19.9 Å². The fourth-order valence-electron chi connectivity index (χ4n) is 0.807. The van der Waals surface area contributed by atoms with E-state index in [2.05, 4.69) is 6.07 Å². The number of rotatable bonds is 3. The number of benzene rings is 1. The SMILES string of the molecule is COC(C)(C)Oc1cc[c]c(F)c1. The maximum absolute atomic E-state index is 12.7. The van der Waals surface area contributed by atoms with Crippen LogP contribution in [0.25, 0.3) is 0 Å². The van der Waals surface area contributed by atoms with Crippen LogP contribution in [0.3, 0.4) is 0 Å². The third kappa shape index (κ3) is 3.03. The highest BCUT2D eigenvalue weighted by Crippen LogP contribution is 2.18. The van der Waals surface area contributed by atoms with Gasteiger partial charge in [0.15, 0.2) is 0 Å². The number of hydrogen-bond acceptors (Lipinski definition) is 2. The summed E-state index contributed by atoms with van der Waals surface area (Å²) < 4.78 is 23.0. The van der Waals surface area contributed by atoms with Crippen LogP contribution in [0.15, 0.2) is 18.2 Å². The lowest BCUT2D eigenvalue weighted by molar-refractivity contribution is -0.134. The predicted octanol–water partition coefficient (Wildman–Crippen LogP) is 2.39. The smallest absolute Gasteiger partial charge is 0.204 e. The van der Waals surface area contributed by atoms with E-state index < -0.39 is 11.6 Å². The standard InChI is InChI=1S/C10H12FO2/c1-10(2,12-3)13-9-6-4-5-8(11)7-9/h4,6-7H,1-3H3. The summed E-state index contributed by atoms with van der Waals surface area (Å²) in [5.74, 6) is -0.749. The average molecular weight is 183 g/mol. The van der Waals surface area contributed by atoms with Gasteiger partial charge in [-0.15, -0.1) is 0 Å². The van der Waals surface area contributed by atoms with E-state index in [0.29, 0.717) is 5.75 Å². The summed E-state index contributed by atoms with van der Waals surface area (Å²) in [6.45, 7) is 3.50. The van der Waals surface area contributed by atoms with Crippen LogP contribution >= 0.6 is 0 Å². The molecule has 0 N–H and O–H groups in total. The van der Waals surface area contributed by atoms with E-state index in [9.17, 15) is 4.39 Å². The van der Waals surface area contributed by atoms with Crippen LogP contribution in [0.1, 0.15) is 13.8 Å². The summed E-state index contributed by atoms with van der Waals surface area (Å²) in [5.41, 5.74) is 0. The Labute approximate surface area is 77.3 Å². The summed E-state index contributed by atoms with van der Waals surface area (Å²) in [5, 5.41) is 0. The Morgan fingerprint density at radius 3 is 2.69 bits per heavy atom. The highest BCUT2D eigenvalue weighted by molar-refractivity contribution is 5.22. The second kappa shape index (κ2) is 3.75. The molecule has 3 heteroatoms. The van der Waals surface area contributed by atoms with Crippen LogP contribution in [-0.2, 0) is 4.74 Å². The lowest BCUT2D eigenvalue weighted by Crippen LogP contribution is -2.30. The minimum Gasteiger partial charge on any atom is -0.463 e. The molecule has 0 amide bonds. The molecular formula is C10H12FO2. The Kier molecular flexibility index (Phi) is 2.88. The van der Waals surface area contributed by atoms with Gasteiger partial charge in [-0.1, -0.05) is 0 Å². The molecule has 0 aromatic heterocycles. The monoisotopic (exact) mass is 183 g/mol. The molecule has 2 nitrogen and oxygen atoms in total. The first-order chi connectivity index (χ1) is 6.03. The van der Waals surface area contributed by atoms with Gasteiger partial charge in [0.05, 0.1) is 0 Å². The maximum atomic E-state index is 12.7. The molecule has 13 heavy (non-hydrogen) atoms. The summed E-state index contributed by atoms with van der Waals surface area (Å²) in [6.07, 6.45) is 0. The lowest BCUT2D eigenvalue weighted by atomic mass is 10.3. The van der Waals surface area contributed by atoms with Crippen molar-refractivity contribution >= 4 is 0 Å². The summed E-state index contributed by atoms with van der Waals surface area (Å²) >= 11 is 0. The van der Waals surface area contributed by atoms with Crippen LogP contribution in [0.2, 0.25) is 0 Å². The zero-order chi connectivity index (χ0) is 9.90. The number of methoxy groups -OCH3 is 1. The first-order valence-corrected chi connectivity index (χ1v) is 3.95. The molecule has 0 aliphatic rings. The zero-order valence-electron chi connectivity index (χ0n) is 7.93. The Bertz CT molecular complexity index is 284. The molecule has 1 rings (SSSR count). The first-order valence-electron chi connectivity index (χ1n) is 3.95. The van der Waals surface area contributed by atoms with Gasteiger partial charge in [-0.25, -0.2) is 4.39 Å². The second-order valence-electron chi connectivity index (χ2n) is 3.08. The predicted molar refractivity (Wildman–Crippen MR) is 47.0 cm³/mol. The minimum atomic E-state index is -0.742. The van der Waals surface area contributed by atoms with E-state index in [4.69, 9.17) is 9.47 Å². The van der Waals surface area contributed by atoms with Crippen molar-refractivity contribution in [3.05, 3.63) is 30.1 Å². The highest BCUT2D eigenvalue weighted by Gasteiger charge is 2.17. The van der Waals surface area contributed by atoms with E-state index in [1.807, 2.05) is 0 Å². The molecule has 1 aromatic rings. The number of hydrogen-bond donors (Lipinski definition) is 0.